The van der Waals surface area contributed by atoms with Gasteiger partial charge in [-0.05, 0) is 89.9 Å². The molecule has 0 aromatic carbocycles. The van der Waals surface area contributed by atoms with Crippen LogP contribution in [0.5, 0.6) is 0 Å². The molecule has 0 saturated heterocycles. The van der Waals surface area contributed by atoms with Gasteiger partial charge in [-0.2, -0.15) is 0 Å². The summed E-state index contributed by atoms with van der Waals surface area (Å²) in [4.78, 5) is 38.4. The van der Waals surface area contributed by atoms with Crippen LogP contribution in [0.4, 0.5) is 0 Å². The van der Waals surface area contributed by atoms with E-state index in [2.05, 4.69) is 93.7 Å². The number of hydrogen-bond acceptors (Lipinski definition) is 6. The molecular formula is C73H130O6. The average molecular weight is 1100 g/mol. The highest BCUT2D eigenvalue weighted by Gasteiger charge is 2.19. The second kappa shape index (κ2) is 67.4. The molecule has 1 unspecified atom stereocenters. The molecule has 0 aliphatic heterocycles. The van der Waals surface area contributed by atoms with Gasteiger partial charge in [-0.1, -0.05) is 318 Å². The van der Waals surface area contributed by atoms with E-state index in [1.54, 1.807) is 0 Å². The molecule has 0 saturated carbocycles. The third-order valence-electron chi connectivity index (χ3n) is 15.2. The van der Waals surface area contributed by atoms with E-state index in [0.717, 1.165) is 89.9 Å². The van der Waals surface area contributed by atoms with Gasteiger partial charge in [0.2, 0.25) is 0 Å². The third kappa shape index (κ3) is 65.5. The molecule has 6 nitrogen and oxygen atoms in total. The van der Waals surface area contributed by atoms with Gasteiger partial charge in [0.15, 0.2) is 6.10 Å². The Hall–Kier alpha value is -3.15. The Labute approximate surface area is 491 Å². The molecule has 0 fully saturated rings. The Balaban J connectivity index is 4.32. The molecule has 0 aliphatic carbocycles. The maximum absolute atomic E-state index is 12.9. The van der Waals surface area contributed by atoms with Gasteiger partial charge in [-0.25, -0.2) is 0 Å². The fourth-order valence-corrected chi connectivity index (χ4v) is 10.1. The molecule has 0 rings (SSSR count). The molecule has 0 aliphatic rings. The fourth-order valence-electron chi connectivity index (χ4n) is 10.1. The standard InChI is InChI=1S/C73H130O6/c1-4-7-10-13-16-19-22-25-28-30-32-34-35-36-37-39-40-42-45-48-51-54-57-60-63-66-72(75)78-69-70(68-77-71(74)65-62-59-56-53-50-47-44-27-24-21-18-15-12-9-6-3)79-73(76)67-64-61-58-55-52-49-46-43-41-38-33-31-29-26-23-20-17-14-11-8-5-2/h9,12,18,21-22,25,27,30,32,44,50,53,70H,4-8,10-11,13-17,19-20,23-24,26,28-29,31,33-43,45-49,51-52,54-69H2,1-3H3/b12-9-,21-18-,25-22-,32-30-,44-27-,53-50-. The van der Waals surface area contributed by atoms with Gasteiger partial charge >= 0.3 is 17.9 Å². The largest absolute Gasteiger partial charge is 0.462 e. The molecule has 0 aromatic heterocycles. The first-order chi connectivity index (χ1) is 39.0. The van der Waals surface area contributed by atoms with Crippen molar-refractivity contribution in [1.82, 2.24) is 0 Å². The first kappa shape index (κ1) is 75.8. The van der Waals surface area contributed by atoms with Gasteiger partial charge in [0.05, 0.1) is 0 Å². The number of esters is 3. The van der Waals surface area contributed by atoms with Crippen molar-refractivity contribution in [3.63, 3.8) is 0 Å². The highest BCUT2D eigenvalue weighted by atomic mass is 16.6. The number of allylic oxidation sites excluding steroid dienone is 12. The van der Waals surface area contributed by atoms with Crippen LogP contribution in [-0.4, -0.2) is 37.2 Å². The molecular weight excluding hydrogens is 973 g/mol. The average Bonchev–Trinajstić information content (AvgIpc) is 3.45. The van der Waals surface area contributed by atoms with E-state index in [-0.39, 0.29) is 31.1 Å². The maximum atomic E-state index is 12.9. The van der Waals surface area contributed by atoms with Crippen molar-refractivity contribution in [3.05, 3.63) is 72.9 Å². The summed E-state index contributed by atoms with van der Waals surface area (Å²) < 4.78 is 16.9. The molecule has 458 valence electrons. The molecule has 1 atom stereocenters. The Kier molecular flexibility index (Phi) is 64.7. The SMILES string of the molecule is CC/C=C\C/C=C\C/C=C\C/C=C\CCCCC(=O)OCC(COC(=O)CCCCCCCCCCCCCCC/C=C\C/C=C\CCCCCCC)OC(=O)CCCCCCCCCCCCCCCCCCCCCCC. The first-order valence-electron chi connectivity index (χ1n) is 34.4. The van der Waals surface area contributed by atoms with Crippen LogP contribution >= 0.6 is 0 Å². The summed E-state index contributed by atoms with van der Waals surface area (Å²) in [5, 5.41) is 0. The van der Waals surface area contributed by atoms with Crippen molar-refractivity contribution in [1.29, 1.82) is 0 Å². The third-order valence-corrected chi connectivity index (χ3v) is 15.2. The van der Waals surface area contributed by atoms with Crippen molar-refractivity contribution >= 4 is 17.9 Å². The lowest BCUT2D eigenvalue weighted by Gasteiger charge is -2.18. The van der Waals surface area contributed by atoms with Crippen molar-refractivity contribution in [2.75, 3.05) is 13.2 Å². The van der Waals surface area contributed by atoms with Crippen LogP contribution in [0, 0.1) is 0 Å². The normalized spacial score (nSPS) is 12.5. The monoisotopic (exact) mass is 1100 g/mol. The summed E-state index contributed by atoms with van der Waals surface area (Å²) in [5.41, 5.74) is 0. The summed E-state index contributed by atoms with van der Waals surface area (Å²) in [7, 11) is 0. The maximum Gasteiger partial charge on any atom is 0.306 e. The second-order valence-corrected chi connectivity index (χ2v) is 23.1. The number of carbonyl (C=O) groups is 3. The van der Waals surface area contributed by atoms with Gasteiger partial charge in [0, 0.05) is 19.3 Å². The van der Waals surface area contributed by atoms with E-state index in [4.69, 9.17) is 14.2 Å². The number of ether oxygens (including phenoxy) is 3. The summed E-state index contributed by atoms with van der Waals surface area (Å²) in [6, 6.07) is 0. The Morgan fingerprint density at radius 3 is 0.797 bits per heavy atom. The quantitative estimate of drug-likeness (QED) is 0.0261. The predicted molar refractivity (Wildman–Crippen MR) is 344 cm³/mol. The number of carbonyl (C=O) groups excluding carboxylic acids is 3. The van der Waals surface area contributed by atoms with Gasteiger partial charge in [0.1, 0.15) is 13.2 Å². The molecule has 0 amide bonds. The Morgan fingerprint density at radius 1 is 0.266 bits per heavy atom. The highest BCUT2D eigenvalue weighted by molar-refractivity contribution is 5.71. The Morgan fingerprint density at radius 2 is 0.494 bits per heavy atom. The van der Waals surface area contributed by atoms with Crippen LogP contribution in [0.2, 0.25) is 0 Å². The molecule has 0 N–H and O–H groups in total. The van der Waals surface area contributed by atoms with Crippen LogP contribution in [-0.2, 0) is 28.6 Å². The van der Waals surface area contributed by atoms with Crippen LogP contribution < -0.4 is 0 Å². The molecule has 0 spiro atoms. The summed E-state index contributed by atoms with van der Waals surface area (Å²) in [6.07, 6.45) is 87.9. The van der Waals surface area contributed by atoms with Crippen LogP contribution in [0.3, 0.4) is 0 Å². The number of hydrogen-bond donors (Lipinski definition) is 0. The number of rotatable bonds is 63. The molecule has 0 aromatic rings. The molecule has 79 heavy (non-hydrogen) atoms. The zero-order chi connectivity index (χ0) is 57.1. The van der Waals surface area contributed by atoms with Gasteiger partial charge < -0.3 is 14.2 Å². The topological polar surface area (TPSA) is 78.9 Å². The first-order valence-corrected chi connectivity index (χ1v) is 34.4. The van der Waals surface area contributed by atoms with E-state index in [9.17, 15) is 14.4 Å². The lowest BCUT2D eigenvalue weighted by Crippen LogP contribution is -2.30. The van der Waals surface area contributed by atoms with Gasteiger partial charge in [-0.3, -0.25) is 14.4 Å². The minimum absolute atomic E-state index is 0.0855. The van der Waals surface area contributed by atoms with Gasteiger partial charge in [-0.15, -0.1) is 0 Å². The lowest BCUT2D eigenvalue weighted by atomic mass is 10.0. The minimum atomic E-state index is -0.792. The summed E-state index contributed by atoms with van der Waals surface area (Å²) >= 11 is 0. The summed E-state index contributed by atoms with van der Waals surface area (Å²) in [6.45, 7) is 6.54. The van der Waals surface area contributed by atoms with E-state index in [1.807, 2.05) is 0 Å². The molecule has 0 heterocycles. The van der Waals surface area contributed by atoms with E-state index < -0.39 is 6.10 Å². The fraction of sp³-hybridized carbons (Fsp3) is 0.795. The van der Waals surface area contributed by atoms with Crippen LogP contribution in [0.25, 0.3) is 0 Å². The van der Waals surface area contributed by atoms with E-state index >= 15 is 0 Å². The van der Waals surface area contributed by atoms with Crippen molar-refractivity contribution in [2.45, 2.75) is 361 Å². The highest BCUT2D eigenvalue weighted by Crippen LogP contribution is 2.18. The molecule has 6 heteroatoms. The van der Waals surface area contributed by atoms with Gasteiger partial charge in [0.25, 0.3) is 0 Å². The van der Waals surface area contributed by atoms with Crippen molar-refractivity contribution in [3.8, 4) is 0 Å². The van der Waals surface area contributed by atoms with Crippen LogP contribution in [0.15, 0.2) is 72.9 Å². The van der Waals surface area contributed by atoms with Crippen LogP contribution in [0.1, 0.15) is 355 Å². The van der Waals surface area contributed by atoms with E-state index in [1.165, 1.54) is 225 Å². The smallest absolute Gasteiger partial charge is 0.306 e. The number of unbranched alkanes of at least 4 members (excludes halogenated alkanes) is 40. The molecule has 0 radical (unpaired) electrons. The second-order valence-electron chi connectivity index (χ2n) is 23.1. The van der Waals surface area contributed by atoms with Crippen molar-refractivity contribution in [2.24, 2.45) is 0 Å². The van der Waals surface area contributed by atoms with Crippen molar-refractivity contribution < 1.29 is 28.6 Å². The summed E-state index contributed by atoms with van der Waals surface area (Å²) in [5.74, 6) is -0.909. The molecule has 0 bridgehead atoms. The minimum Gasteiger partial charge on any atom is -0.462 e. The zero-order valence-corrected chi connectivity index (χ0v) is 52.6. The lowest BCUT2D eigenvalue weighted by molar-refractivity contribution is -0.167. The predicted octanol–water partition coefficient (Wildman–Crippen LogP) is 23.7. The Bertz CT molecular complexity index is 1450. The van der Waals surface area contributed by atoms with E-state index in [0.29, 0.717) is 19.3 Å². The zero-order valence-electron chi connectivity index (χ0n) is 52.6.